The van der Waals surface area contributed by atoms with Crippen LogP contribution in [0.5, 0.6) is 0 Å². The van der Waals surface area contributed by atoms with Crippen molar-refractivity contribution >= 4 is 15.9 Å². The Hall–Kier alpha value is -1.20. The molecule has 2 aromatic rings. The maximum atomic E-state index is 13.2. The maximum Gasteiger partial charge on any atom is 0.123 e. The van der Waals surface area contributed by atoms with Gasteiger partial charge in [-0.2, -0.15) is 0 Å². The average molecular weight is 298 g/mol. The van der Waals surface area contributed by atoms with Gasteiger partial charge in [0, 0.05) is 17.2 Å². The standard InChI is InChI=1S/C12H13BrFN3/c1-8-16-6-11(5-15)17(8)7-9-4-10(14)2-3-12(9)13/h2-4,6H,5,7,15H2,1H3. The van der Waals surface area contributed by atoms with Crippen molar-refractivity contribution in [3.8, 4) is 0 Å². The highest BCUT2D eigenvalue weighted by atomic mass is 79.9. The summed E-state index contributed by atoms with van der Waals surface area (Å²) in [6.45, 7) is 2.90. The summed E-state index contributed by atoms with van der Waals surface area (Å²) < 4.78 is 16.1. The number of benzene rings is 1. The predicted molar refractivity (Wildman–Crippen MR) is 68.1 cm³/mol. The maximum absolute atomic E-state index is 13.2. The second-order valence-electron chi connectivity index (χ2n) is 3.82. The van der Waals surface area contributed by atoms with E-state index in [4.69, 9.17) is 5.73 Å². The van der Waals surface area contributed by atoms with Gasteiger partial charge in [-0.1, -0.05) is 15.9 Å². The first kappa shape index (κ1) is 12.3. The van der Waals surface area contributed by atoms with E-state index in [9.17, 15) is 4.39 Å². The number of imidazole rings is 1. The summed E-state index contributed by atoms with van der Waals surface area (Å²) in [7, 11) is 0. The van der Waals surface area contributed by atoms with E-state index in [0.29, 0.717) is 13.1 Å². The van der Waals surface area contributed by atoms with Crippen LogP contribution in [0.4, 0.5) is 4.39 Å². The molecule has 0 amide bonds. The molecule has 2 rings (SSSR count). The normalized spacial score (nSPS) is 10.8. The van der Waals surface area contributed by atoms with Gasteiger partial charge in [-0.3, -0.25) is 0 Å². The minimum atomic E-state index is -0.240. The number of nitrogens with zero attached hydrogens (tertiary/aromatic N) is 2. The number of hydrogen-bond acceptors (Lipinski definition) is 2. The Labute approximate surface area is 108 Å². The van der Waals surface area contributed by atoms with E-state index >= 15 is 0 Å². The molecular formula is C12H13BrFN3. The van der Waals surface area contributed by atoms with Gasteiger partial charge in [-0.25, -0.2) is 9.37 Å². The van der Waals surface area contributed by atoms with E-state index in [1.165, 1.54) is 12.1 Å². The third-order valence-corrected chi connectivity index (χ3v) is 3.46. The number of aryl methyl sites for hydroxylation is 1. The summed E-state index contributed by atoms with van der Waals surface area (Å²) in [5.74, 6) is 0.636. The highest BCUT2D eigenvalue weighted by Gasteiger charge is 2.08. The van der Waals surface area contributed by atoms with Crippen molar-refractivity contribution < 1.29 is 4.39 Å². The Morgan fingerprint density at radius 1 is 1.47 bits per heavy atom. The lowest BCUT2D eigenvalue weighted by Gasteiger charge is -2.10. The van der Waals surface area contributed by atoms with Gasteiger partial charge < -0.3 is 10.3 Å². The summed E-state index contributed by atoms with van der Waals surface area (Å²) in [6, 6.07) is 4.65. The number of hydrogen-bond donors (Lipinski definition) is 1. The highest BCUT2D eigenvalue weighted by Crippen LogP contribution is 2.20. The molecule has 0 aliphatic heterocycles. The summed E-state index contributed by atoms with van der Waals surface area (Å²) in [6.07, 6.45) is 1.75. The second-order valence-corrected chi connectivity index (χ2v) is 4.68. The first-order valence-electron chi connectivity index (χ1n) is 5.27. The molecule has 0 radical (unpaired) electrons. The van der Waals surface area contributed by atoms with Crippen LogP contribution in [-0.4, -0.2) is 9.55 Å². The monoisotopic (exact) mass is 297 g/mol. The molecule has 90 valence electrons. The Morgan fingerprint density at radius 3 is 2.94 bits per heavy atom. The van der Waals surface area contributed by atoms with Crippen molar-refractivity contribution in [2.45, 2.75) is 20.0 Å². The zero-order valence-corrected chi connectivity index (χ0v) is 11.0. The molecule has 0 saturated carbocycles. The average Bonchev–Trinajstić information content (AvgIpc) is 2.65. The molecule has 0 aliphatic carbocycles. The molecule has 2 N–H and O–H groups in total. The van der Waals surface area contributed by atoms with E-state index in [2.05, 4.69) is 20.9 Å². The summed E-state index contributed by atoms with van der Waals surface area (Å²) in [5, 5.41) is 0. The van der Waals surface area contributed by atoms with Crippen LogP contribution in [0, 0.1) is 12.7 Å². The zero-order chi connectivity index (χ0) is 12.4. The fourth-order valence-electron chi connectivity index (χ4n) is 1.73. The van der Waals surface area contributed by atoms with Crippen LogP contribution in [0.15, 0.2) is 28.9 Å². The van der Waals surface area contributed by atoms with Crippen molar-refractivity contribution in [1.82, 2.24) is 9.55 Å². The Morgan fingerprint density at radius 2 is 2.24 bits per heavy atom. The fourth-order valence-corrected chi connectivity index (χ4v) is 2.10. The smallest absolute Gasteiger partial charge is 0.123 e. The topological polar surface area (TPSA) is 43.8 Å². The Kier molecular flexibility index (Phi) is 3.59. The molecule has 0 spiro atoms. The molecule has 17 heavy (non-hydrogen) atoms. The van der Waals surface area contributed by atoms with Gasteiger partial charge >= 0.3 is 0 Å². The zero-order valence-electron chi connectivity index (χ0n) is 9.45. The van der Waals surface area contributed by atoms with E-state index in [1.807, 2.05) is 11.5 Å². The van der Waals surface area contributed by atoms with Crippen LogP contribution >= 0.6 is 15.9 Å². The summed E-state index contributed by atoms with van der Waals surface area (Å²) in [5.41, 5.74) is 7.46. The molecule has 0 atom stereocenters. The van der Waals surface area contributed by atoms with Crippen LogP contribution in [0.2, 0.25) is 0 Å². The van der Waals surface area contributed by atoms with Crippen LogP contribution in [-0.2, 0) is 13.1 Å². The summed E-state index contributed by atoms with van der Waals surface area (Å²) in [4.78, 5) is 4.21. The Bertz CT molecular complexity index is 537. The van der Waals surface area contributed by atoms with Crippen LogP contribution in [0.25, 0.3) is 0 Å². The quantitative estimate of drug-likeness (QED) is 0.946. The minimum Gasteiger partial charge on any atom is -0.327 e. The molecule has 1 aromatic carbocycles. The molecule has 0 fully saturated rings. The third kappa shape index (κ3) is 2.56. The van der Waals surface area contributed by atoms with Gasteiger partial charge in [0.05, 0.1) is 12.2 Å². The first-order chi connectivity index (χ1) is 8.11. The molecule has 0 saturated heterocycles. The van der Waals surface area contributed by atoms with Crippen molar-refractivity contribution in [3.05, 3.63) is 51.8 Å². The van der Waals surface area contributed by atoms with Crippen molar-refractivity contribution in [3.63, 3.8) is 0 Å². The minimum absolute atomic E-state index is 0.240. The lowest BCUT2D eigenvalue weighted by atomic mass is 10.2. The van der Waals surface area contributed by atoms with Crippen molar-refractivity contribution in [2.75, 3.05) is 0 Å². The van der Waals surface area contributed by atoms with Crippen LogP contribution in [0.1, 0.15) is 17.1 Å². The predicted octanol–water partition coefficient (Wildman–Crippen LogP) is 2.60. The van der Waals surface area contributed by atoms with Gasteiger partial charge in [0.15, 0.2) is 0 Å². The van der Waals surface area contributed by atoms with E-state index < -0.39 is 0 Å². The van der Waals surface area contributed by atoms with E-state index in [0.717, 1.165) is 21.6 Å². The number of halogens is 2. The number of nitrogens with two attached hydrogens (primary N) is 1. The molecular weight excluding hydrogens is 285 g/mol. The second kappa shape index (κ2) is 4.98. The van der Waals surface area contributed by atoms with E-state index in [1.54, 1.807) is 12.3 Å². The van der Waals surface area contributed by atoms with Crippen molar-refractivity contribution in [1.29, 1.82) is 0 Å². The molecule has 3 nitrogen and oxygen atoms in total. The first-order valence-corrected chi connectivity index (χ1v) is 6.06. The molecule has 1 aromatic heterocycles. The van der Waals surface area contributed by atoms with Gasteiger partial charge in [-0.15, -0.1) is 0 Å². The van der Waals surface area contributed by atoms with Gasteiger partial charge in [0.25, 0.3) is 0 Å². The van der Waals surface area contributed by atoms with Gasteiger partial charge in [0.1, 0.15) is 11.6 Å². The van der Waals surface area contributed by atoms with Crippen LogP contribution in [0.3, 0.4) is 0 Å². The largest absolute Gasteiger partial charge is 0.327 e. The number of aromatic nitrogens is 2. The molecule has 1 heterocycles. The lowest BCUT2D eigenvalue weighted by Crippen LogP contribution is -2.10. The lowest BCUT2D eigenvalue weighted by molar-refractivity contribution is 0.620. The van der Waals surface area contributed by atoms with E-state index in [-0.39, 0.29) is 5.82 Å². The highest BCUT2D eigenvalue weighted by molar-refractivity contribution is 9.10. The van der Waals surface area contributed by atoms with Crippen molar-refractivity contribution in [2.24, 2.45) is 5.73 Å². The third-order valence-electron chi connectivity index (χ3n) is 2.68. The molecule has 5 heteroatoms. The molecule has 0 unspecified atom stereocenters. The number of rotatable bonds is 3. The SMILES string of the molecule is Cc1ncc(CN)n1Cc1cc(F)ccc1Br. The summed E-state index contributed by atoms with van der Waals surface area (Å²) >= 11 is 3.42. The fraction of sp³-hybridized carbons (Fsp3) is 0.250. The molecule has 0 aliphatic rings. The molecule has 0 bridgehead atoms. The van der Waals surface area contributed by atoms with Gasteiger partial charge in [-0.05, 0) is 30.7 Å². The van der Waals surface area contributed by atoms with Gasteiger partial charge in [0.2, 0.25) is 0 Å². The van der Waals surface area contributed by atoms with Crippen LogP contribution < -0.4 is 5.73 Å². The Balaban J connectivity index is 2.37.